The molecule has 0 bridgehead atoms. The number of thioether (sulfide) groups is 1. The lowest BCUT2D eigenvalue weighted by Crippen LogP contribution is -2.27. The summed E-state index contributed by atoms with van der Waals surface area (Å²) in [4.78, 5) is 26.4. The van der Waals surface area contributed by atoms with Gasteiger partial charge in [0.05, 0.1) is 10.6 Å². The van der Waals surface area contributed by atoms with Crippen LogP contribution in [0.25, 0.3) is 6.08 Å². The fraction of sp³-hybridized carbons (Fsp3) is 0.0800. The van der Waals surface area contributed by atoms with Crippen molar-refractivity contribution in [3.63, 3.8) is 0 Å². The van der Waals surface area contributed by atoms with Gasteiger partial charge in [0.15, 0.2) is 10.1 Å². The van der Waals surface area contributed by atoms with E-state index in [-0.39, 0.29) is 11.7 Å². The minimum absolute atomic E-state index is 0.0267. The molecule has 32 heavy (non-hydrogen) atoms. The second-order valence-corrected chi connectivity index (χ2v) is 9.15. The first kappa shape index (κ1) is 22.3. The highest BCUT2D eigenvalue weighted by Gasteiger charge is 2.33. The van der Waals surface area contributed by atoms with Crippen molar-refractivity contribution in [3.8, 4) is 5.75 Å². The molecule has 0 atom stereocenters. The first-order valence-corrected chi connectivity index (χ1v) is 11.4. The maximum Gasteiger partial charge on any atom is 0.270 e. The van der Waals surface area contributed by atoms with E-state index in [0.29, 0.717) is 37.9 Å². The number of thiocarbonyl (C=S) groups is 1. The predicted octanol–water partition coefficient (Wildman–Crippen LogP) is 6.53. The zero-order chi connectivity index (χ0) is 22.7. The number of benzene rings is 3. The number of carbonyl (C=O) groups is 2. The molecule has 0 N–H and O–H groups in total. The Bertz CT molecular complexity index is 1220. The average Bonchev–Trinajstić information content (AvgIpc) is 3.07. The average molecular weight is 480 g/mol. The Morgan fingerprint density at radius 2 is 1.75 bits per heavy atom. The molecule has 1 saturated heterocycles. The summed E-state index contributed by atoms with van der Waals surface area (Å²) in [6.45, 7) is 1.88. The van der Waals surface area contributed by atoms with Gasteiger partial charge in [-0.2, -0.15) is 0 Å². The highest BCUT2D eigenvalue weighted by atomic mass is 35.5. The summed E-state index contributed by atoms with van der Waals surface area (Å²) in [5.74, 6) is 0.496. The monoisotopic (exact) mass is 479 g/mol. The van der Waals surface area contributed by atoms with E-state index in [0.717, 1.165) is 11.1 Å². The molecule has 0 aromatic heterocycles. The molecule has 1 amide bonds. The van der Waals surface area contributed by atoms with Gasteiger partial charge in [-0.3, -0.25) is 14.5 Å². The van der Waals surface area contributed by atoms with Crippen molar-refractivity contribution in [1.82, 2.24) is 0 Å². The zero-order valence-electron chi connectivity index (χ0n) is 17.1. The van der Waals surface area contributed by atoms with Crippen LogP contribution in [0, 0.1) is 0 Å². The van der Waals surface area contributed by atoms with Gasteiger partial charge in [0.25, 0.3) is 5.91 Å². The highest BCUT2D eigenvalue weighted by molar-refractivity contribution is 8.27. The molecule has 3 aromatic carbocycles. The first-order valence-electron chi connectivity index (χ1n) is 9.77. The molecule has 7 heteroatoms. The quantitative estimate of drug-likeness (QED) is 0.228. The van der Waals surface area contributed by atoms with Gasteiger partial charge < -0.3 is 4.74 Å². The van der Waals surface area contributed by atoms with Crippen LogP contribution in [0.1, 0.15) is 28.4 Å². The molecular weight excluding hydrogens is 462 g/mol. The Hall–Kier alpha value is -2.93. The SMILES string of the molecule is CC(=O)c1ccc(N2C(=O)C(=Cc3ccc(OCc4ccccc4Cl)cc3)SC2=S)cc1. The van der Waals surface area contributed by atoms with Gasteiger partial charge in [-0.05, 0) is 61.0 Å². The van der Waals surface area contributed by atoms with Crippen LogP contribution >= 0.6 is 35.6 Å². The Labute approximate surface area is 200 Å². The molecule has 1 aliphatic heterocycles. The lowest BCUT2D eigenvalue weighted by atomic mass is 10.1. The van der Waals surface area contributed by atoms with E-state index >= 15 is 0 Å². The molecule has 4 rings (SSSR count). The van der Waals surface area contributed by atoms with Gasteiger partial charge in [0.1, 0.15) is 12.4 Å². The second kappa shape index (κ2) is 9.69. The van der Waals surface area contributed by atoms with E-state index in [2.05, 4.69) is 0 Å². The number of ether oxygens (including phenoxy) is 1. The fourth-order valence-electron chi connectivity index (χ4n) is 3.12. The minimum atomic E-state index is -0.186. The third kappa shape index (κ3) is 4.93. The van der Waals surface area contributed by atoms with E-state index in [9.17, 15) is 9.59 Å². The van der Waals surface area contributed by atoms with Crippen LogP contribution < -0.4 is 9.64 Å². The van der Waals surface area contributed by atoms with Crippen molar-refractivity contribution in [2.75, 3.05) is 4.90 Å². The Morgan fingerprint density at radius 3 is 2.41 bits per heavy atom. The van der Waals surface area contributed by atoms with Crippen molar-refractivity contribution in [1.29, 1.82) is 0 Å². The summed E-state index contributed by atoms with van der Waals surface area (Å²) >= 11 is 12.8. The van der Waals surface area contributed by atoms with E-state index in [1.54, 1.807) is 30.3 Å². The van der Waals surface area contributed by atoms with E-state index in [1.165, 1.54) is 23.6 Å². The first-order chi connectivity index (χ1) is 15.4. The van der Waals surface area contributed by atoms with Crippen molar-refractivity contribution >= 4 is 63.4 Å². The van der Waals surface area contributed by atoms with Gasteiger partial charge in [-0.15, -0.1) is 0 Å². The van der Waals surface area contributed by atoms with Gasteiger partial charge in [-0.1, -0.05) is 65.9 Å². The Balaban J connectivity index is 1.45. The van der Waals surface area contributed by atoms with E-state index < -0.39 is 0 Å². The van der Waals surface area contributed by atoms with Crippen molar-refractivity contribution in [2.24, 2.45) is 0 Å². The lowest BCUT2D eigenvalue weighted by molar-refractivity contribution is -0.113. The Kier molecular flexibility index (Phi) is 6.74. The van der Waals surface area contributed by atoms with Gasteiger partial charge in [0.2, 0.25) is 0 Å². The third-order valence-electron chi connectivity index (χ3n) is 4.86. The molecule has 0 unspecified atom stereocenters. The molecule has 0 saturated carbocycles. The van der Waals surface area contributed by atoms with Crippen molar-refractivity contribution < 1.29 is 14.3 Å². The number of halogens is 1. The number of amides is 1. The summed E-state index contributed by atoms with van der Waals surface area (Å²) < 4.78 is 6.26. The maximum absolute atomic E-state index is 12.9. The van der Waals surface area contributed by atoms with Crippen LogP contribution in [0.4, 0.5) is 5.69 Å². The van der Waals surface area contributed by atoms with Gasteiger partial charge in [0, 0.05) is 16.1 Å². The molecular formula is C25H18ClNO3S2. The predicted molar refractivity (Wildman–Crippen MR) is 134 cm³/mol. The molecule has 160 valence electrons. The van der Waals surface area contributed by atoms with Crippen LogP contribution in [0.3, 0.4) is 0 Å². The minimum Gasteiger partial charge on any atom is -0.489 e. The number of nitrogens with zero attached hydrogens (tertiary/aromatic N) is 1. The van der Waals surface area contributed by atoms with Gasteiger partial charge >= 0.3 is 0 Å². The normalized spacial score (nSPS) is 14.8. The largest absolute Gasteiger partial charge is 0.489 e. The maximum atomic E-state index is 12.9. The summed E-state index contributed by atoms with van der Waals surface area (Å²) in [5.41, 5.74) is 3.01. The van der Waals surface area contributed by atoms with Crippen LogP contribution in [0.2, 0.25) is 5.02 Å². The number of rotatable bonds is 6. The number of ketones is 1. The molecule has 0 aliphatic carbocycles. The Morgan fingerprint density at radius 1 is 1.06 bits per heavy atom. The molecule has 0 radical (unpaired) electrons. The number of Topliss-reactive ketones (excluding diaryl/α,β-unsaturated/α-hetero) is 1. The van der Waals surface area contributed by atoms with Crippen molar-refractivity contribution in [2.45, 2.75) is 13.5 Å². The number of hydrogen-bond acceptors (Lipinski definition) is 5. The van der Waals surface area contributed by atoms with Crippen LogP contribution in [0.5, 0.6) is 5.75 Å². The topological polar surface area (TPSA) is 46.6 Å². The summed E-state index contributed by atoms with van der Waals surface area (Å²) in [6, 6.07) is 21.9. The number of hydrogen-bond donors (Lipinski definition) is 0. The summed E-state index contributed by atoms with van der Waals surface area (Å²) in [6.07, 6.45) is 1.81. The smallest absolute Gasteiger partial charge is 0.270 e. The molecule has 4 nitrogen and oxygen atoms in total. The molecule has 0 spiro atoms. The zero-order valence-corrected chi connectivity index (χ0v) is 19.5. The third-order valence-corrected chi connectivity index (χ3v) is 6.53. The van der Waals surface area contributed by atoms with Crippen LogP contribution in [0.15, 0.2) is 77.7 Å². The second-order valence-electron chi connectivity index (χ2n) is 7.07. The summed E-state index contributed by atoms with van der Waals surface area (Å²) in [5, 5.41) is 0.669. The molecule has 1 heterocycles. The molecule has 1 aliphatic rings. The van der Waals surface area contributed by atoms with E-state index in [1.807, 2.05) is 48.5 Å². The standard InChI is InChI=1S/C25H18ClNO3S2/c1-16(28)18-8-10-20(11-9-18)27-24(29)23(32-25(27)31)14-17-6-12-21(13-7-17)30-15-19-4-2-3-5-22(19)26/h2-14H,15H2,1H3. The van der Waals surface area contributed by atoms with Gasteiger partial charge in [-0.25, -0.2) is 0 Å². The lowest BCUT2D eigenvalue weighted by Gasteiger charge is -2.14. The van der Waals surface area contributed by atoms with Crippen LogP contribution in [-0.2, 0) is 11.4 Å². The van der Waals surface area contributed by atoms with Crippen LogP contribution in [-0.4, -0.2) is 16.0 Å². The molecule has 3 aromatic rings. The number of anilines is 1. The number of carbonyl (C=O) groups excluding carboxylic acids is 2. The molecule has 1 fully saturated rings. The summed E-state index contributed by atoms with van der Waals surface area (Å²) in [7, 11) is 0. The fourth-order valence-corrected chi connectivity index (χ4v) is 4.61. The van der Waals surface area contributed by atoms with Crippen molar-refractivity contribution in [3.05, 3.63) is 99.4 Å². The highest BCUT2D eigenvalue weighted by Crippen LogP contribution is 2.36. The van der Waals surface area contributed by atoms with E-state index in [4.69, 9.17) is 28.6 Å².